The molecule has 8 nitrogen and oxygen atoms in total. The molecule has 39 heavy (non-hydrogen) atoms. The van der Waals surface area contributed by atoms with Gasteiger partial charge in [-0.3, -0.25) is 4.79 Å². The molecule has 2 aromatic carbocycles. The van der Waals surface area contributed by atoms with E-state index in [4.69, 9.17) is 4.74 Å². The van der Waals surface area contributed by atoms with Gasteiger partial charge in [0.25, 0.3) is 0 Å². The maximum atomic E-state index is 15.1. The van der Waals surface area contributed by atoms with Crippen molar-refractivity contribution < 1.29 is 23.1 Å². The van der Waals surface area contributed by atoms with E-state index in [0.717, 1.165) is 18.2 Å². The van der Waals surface area contributed by atoms with E-state index in [0.29, 0.717) is 22.8 Å². The Labute approximate surface area is 227 Å². The number of benzene rings is 2. The predicted molar refractivity (Wildman–Crippen MR) is 146 cm³/mol. The fourth-order valence-corrected chi connectivity index (χ4v) is 4.86. The number of nitrogens with zero attached hydrogens (tertiary/aromatic N) is 5. The molecule has 1 aromatic heterocycles. The van der Waals surface area contributed by atoms with Crippen LogP contribution in [0.25, 0.3) is 0 Å². The first-order valence-electron chi connectivity index (χ1n) is 12.5. The van der Waals surface area contributed by atoms with Crippen molar-refractivity contribution in [1.29, 1.82) is 0 Å². The Kier molecular flexibility index (Phi) is 7.99. The van der Waals surface area contributed by atoms with Crippen LogP contribution in [0.2, 0.25) is 25.7 Å². The summed E-state index contributed by atoms with van der Waals surface area (Å²) in [5, 5.41) is 8.23. The van der Waals surface area contributed by atoms with Crippen LogP contribution in [-0.2, 0) is 21.8 Å². The largest absolute Gasteiger partial charge is 0.359 e. The van der Waals surface area contributed by atoms with E-state index in [1.54, 1.807) is 37.4 Å². The summed E-state index contributed by atoms with van der Waals surface area (Å²) in [7, 11) is 0.225. The Hall–Kier alpha value is -3.88. The first-order chi connectivity index (χ1) is 18.4. The average Bonchev–Trinajstić information content (AvgIpc) is 3.35. The Bertz CT molecular complexity index is 1420. The summed E-state index contributed by atoms with van der Waals surface area (Å²) in [5.74, 6) is 2.66. The third-order valence-electron chi connectivity index (χ3n) is 6.64. The van der Waals surface area contributed by atoms with Crippen molar-refractivity contribution in [3.63, 3.8) is 0 Å². The van der Waals surface area contributed by atoms with Crippen molar-refractivity contribution in [3.05, 3.63) is 77.1 Å². The van der Waals surface area contributed by atoms with Gasteiger partial charge >= 0.3 is 6.03 Å². The SMILES string of the molecule is CN1C(=O)N(c2c(F)cc(C#Cc3ccccc3)cc2F)C(=O)CC1(C)c1cn(COCC[Si](C)(C)C)nn1. The fourth-order valence-electron chi connectivity index (χ4n) is 4.10. The summed E-state index contributed by atoms with van der Waals surface area (Å²) in [5.41, 5.74) is -0.776. The molecule has 0 radical (unpaired) electrons. The molecule has 1 atom stereocenters. The lowest BCUT2D eigenvalue weighted by Crippen LogP contribution is -2.60. The Morgan fingerprint density at radius 1 is 1.05 bits per heavy atom. The lowest BCUT2D eigenvalue weighted by Gasteiger charge is -2.44. The van der Waals surface area contributed by atoms with Gasteiger partial charge in [-0.25, -0.2) is 23.2 Å². The summed E-state index contributed by atoms with van der Waals surface area (Å²) >= 11 is 0. The van der Waals surface area contributed by atoms with Crippen LogP contribution in [0.5, 0.6) is 0 Å². The summed E-state index contributed by atoms with van der Waals surface area (Å²) in [6.07, 6.45) is 1.36. The van der Waals surface area contributed by atoms with Crippen molar-refractivity contribution in [2.24, 2.45) is 0 Å². The van der Waals surface area contributed by atoms with Gasteiger partial charge < -0.3 is 9.64 Å². The number of carbonyl (C=O) groups excluding carboxylic acids is 2. The van der Waals surface area contributed by atoms with Gasteiger partial charge in [-0.15, -0.1) is 5.10 Å². The number of hydrogen-bond acceptors (Lipinski definition) is 5. The van der Waals surface area contributed by atoms with Crippen molar-refractivity contribution in [2.75, 3.05) is 18.6 Å². The number of aromatic nitrogens is 3. The van der Waals surface area contributed by atoms with E-state index in [2.05, 4.69) is 41.8 Å². The number of ether oxygens (including phenoxy) is 1. The fraction of sp³-hybridized carbons (Fsp3) is 0.357. The summed E-state index contributed by atoms with van der Waals surface area (Å²) in [4.78, 5) is 28.3. The Balaban J connectivity index is 1.52. The van der Waals surface area contributed by atoms with Gasteiger partial charge in [-0.2, -0.15) is 0 Å². The molecule has 0 aliphatic carbocycles. The zero-order valence-corrected chi connectivity index (χ0v) is 23.7. The number of hydrogen-bond donors (Lipinski definition) is 0. The van der Waals surface area contributed by atoms with E-state index >= 15 is 8.78 Å². The minimum absolute atomic E-state index is 0.0800. The molecule has 3 aromatic rings. The molecule has 4 rings (SSSR count). The van der Waals surface area contributed by atoms with Crippen molar-refractivity contribution in [3.8, 4) is 11.8 Å². The van der Waals surface area contributed by atoms with E-state index in [1.165, 1.54) is 16.6 Å². The van der Waals surface area contributed by atoms with Gasteiger partial charge in [-0.05, 0) is 37.2 Å². The number of imide groups is 1. The number of rotatable bonds is 7. The molecule has 11 heteroatoms. The van der Waals surface area contributed by atoms with E-state index in [1.807, 2.05) is 6.07 Å². The lowest BCUT2D eigenvalue weighted by molar-refractivity contribution is -0.122. The van der Waals surface area contributed by atoms with Crippen molar-refractivity contribution in [1.82, 2.24) is 19.9 Å². The molecule has 0 spiro atoms. The molecule has 1 aliphatic rings. The van der Waals surface area contributed by atoms with Gasteiger partial charge in [0.15, 0.2) is 11.6 Å². The first kappa shape index (κ1) is 28.1. The minimum atomic E-state index is -1.23. The number of halogens is 2. The minimum Gasteiger partial charge on any atom is -0.359 e. The third kappa shape index (κ3) is 6.24. The molecule has 3 amide bonds. The molecule has 1 aliphatic heterocycles. The summed E-state index contributed by atoms with van der Waals surface area (Å²) in [6, 6.07) is 11.1. The second-order valence-electron chi connectivity index (χ2n) is 10.9. The van der Waals surface area contributed by atoms with Crippen LogP contribution < -0.4 is 4.90 Å². The van der Waals surface area contributed by atoms with Gasteiger partial charge in [0.2, 0.25) is 5.91 Å². The topological polar surface area (TPSA) is 80.6 Å². The van der Waals surface area contributed by atoms with Crippen LogP contribution in [0.4, 0.5) is 19.3 Å². The second-order valence-corrected chi connectivity index (χ2v) is 16.5. The van der Waals surface area contributed by atoms with Gasteiger partial charge in [-0.1, -0.05) is 54.9 Å². The maximum absolute atomic E-state index is 15.1. The Morgan fingerprint density at radius 3 is 2.33 bits per heavy atom. The molecular weight excluding hydrogens is 520 g/mol. The standard InChI is InChI=1S/C28H31F2N5O3Si/c1-28(24-18-34(32-31-24)19-38-13-14-39(3,4)5)17-25(36)35(27(37)33(28)2)26-22(29)15-21(16-23(26)30)12-11-20-9-7-6-8-10-20/h6-10,15-16,18H,13-14,17,19H2,1-5H3. The molecule has 0 bridgehead atoms. The number of anilines is 1. The quantitative estimate of drug-likeness (QED) is 0.235. The van der Waals surface area contributed by atoms with E-state index < -0.39 is 42.9 Å². The van der Waals surface area contributed by atoms with Crippen LogP contribution in [0.3, 0.4) is 0 Å². The number of urea groups is 1. The highest BCUT2D eigenvalue weighted by Gasteiger charge is 2.49. The maximum Gasteiger partial charge on any atom is 0.332 e. The van der Waals surface area contributed by atoms with Crippen molar-refractivity contribution in [2.45, 2.75) is 51.3 Å². The number of carbonyl (C=O) groups is 2. The highest BCUT2D eigenvalue weighted by molar-refractivity contribution is 6.76. The average molecular weight is 552 g/mol. The monoisotopic (exact) mass is 551 g/mol. The molecular formula is C28H31F2N5O3Si. The number of amides is 3. The highest BCUT2D eigenvalue weighted by Crippen LogP contribution is 2.38. The van der Waals surface area contributed by atoms with Gasteiger partial charge in [0.05, 0.1) is 18.2 Å². The van der Waals surface area contributed by atoms with Crippen LogP contribution in [0.15, 0.2) is 48.7 Å². The molecule has 2 heterocycles. The normalized spacial score (nSPS) is 17.8. The van der Waals surface area contributed by atoms with Gasteiger partial charge in [0, 0.05) is 32.9 Å². The molecule has 1 saturated heterocycles. The predicted octanol–water partition coefficient (Wildman–Crippen LogP) is 4.97. The molecule has 0 N–H and O–H groups in total. The summed E-state index contributed by atoms with van der Waals surface area (Å²) in [6.45, 7) is 9.21. The van der Waals surface area contributed by atoms with Crippen LogP contribution in [0, 0.1) is 23.5 Å². The van der Waals surface area contributed by atoms with Crippen LogP contribution in [-0.4, -0.2) is 53.6 Å². The highest BCUT2D eigenvalue weighted by atomic mass is 28.3. The van der Waals surface area contributed by atoms with Gasteiger partial charge in [0.1, 0.15) is 18.1 Å². The molecule has 1 fully saturated rings. The molecule has 1 unspecified atom stereocenters. The van der Waals surface area contributed by atoms with Crippen LogP contribution >= 0.6 is 0 Å². The second kappa shape index (κ2) is 11.1. The zero-order chi connectivity index (χ0) is 28.4. The third-order valence-corrected chi connectivity index (χ3v) is 8.34. The van der Waals surface area contributed by atoms with Crippen molar-refractivity contribution >= 4 is 25.7 Å². The summed E-state index contributed by atoms with van der Waals surface area (Å²) < 4.78 is 37.4. The Morgan fingerprint density at radius 2 is 1.69 bits per heavy atom. The van der Waals surface area contributed by atoms with Crippen LogP contribution in [0.1, 0.15) is 30.2 Å². The van der Waals surface area contributed by atoms with E-state index in [-0.39, 0.29) is 18.7 Å². The first-order valence-corrected chi connectivity index (χ1v) is 16.2. The molecule has 204 valence electrons. The van der Waals surface area contributed by atoms with E-state index in [9.17, 15) is 9.59 Å². The molecule has 0 saturated carbocycles. The smallest absolute Gasteiger partial charge is 0.332 e. The zero-order valence-electron chi connectivity index (χ0n) is 22.7. The lowest BCUT2D eigenvalue weighted by atomic mass is 9.89.